The van der Waals surface area contributed by atoms with Crippen molar-refractivity contribution in [3.05, 3.63) is 11.8 Å². The van der Waals surface area contributed by atoms with Crippen LogP contribution in [0.3, 0.4) is 0 Å². The number of hydrogen-bond acceptors (Lipinski definition) is 4. The van der Waals surface area contributed by atoms with Crippen LogP contribution in [-0.2, 0) is 4.79 Å². The van der Waals surface area contributed by atoms with E-state index in [9.17, 15) is 4.79 Å². The minimum Gasteiger partial charge on any atom is -0.389 e. The molecule has 0 unspecified atom stereocenters. The van der Waals surface area contributed by atoms with Crippen molar-refractivity contribution in [2.75, 3.05) is 13.1 Å². The zero-order valence-electron chi connectivity index (χ0n) is 8.71. The lowest BCUT2D eigenvalue weighted by Crippen LogP contribution is -2.26. The van der Waals surface area contributed by atoms with E-state index in [1.807, 2.05) is 13.0 Å². The molecule has 80 valence electrons. The maximum Gasteiger partial charge on any atom is 0.263 e. The maximum atomic E-state index is 11.3. The summed E-state index contributed by atoms with van der Waals surface area (Å²) in [5, 5.41) is 22.2. The Morgan fingerprint density at radius 2 is 2.13 bits per heavy atom. The predicted molar refractivity (Wildman–Crippen MR) is 55.2 cm³/mol. The molecule has 0 heterocycles. The molecule has 0 spiro atoms. The zero-order chi connectivity index (χ0) is 11.5. The van der Waals surface area contributed by atoms with Crippen molar-refractivity contribution < 1.29 is 4.79 Å². The summed E-state index contributed by atoms with van der Waals surface area (Å²) >= 11 is 0. The minimum atomic E-state index is -0.385. The Balaban J connectivity index is 4.06. The van der Waals surface area contributed by atoms with Gasteiger partial charge in [-0.25, -0.2) is 0 Å². The Hall–Kier alpha value is -2.01. The highest BCUT2D eigenvalue weighted by Crippen LogP contribution is 1.90. The Morgan fingerprint density at radius 3 is 2.67 bits per heavy atom. The van der Waals surface area contributed by atoms with E-state index in [-0.39, 0.29) is 11.5 Å². The molecule has 0 aromatic carbocycles. The second-order valence-corrected chi connectivity index (χ2v) is 2.79. The lowest BCUT2D eigenvalue weighted by molar-refractivity contribution is -0.117. The van der Waals surface area contributed by atoms with Crippen LogP contribution in [0, 0.1) is 22.7 Å². The highest BCUT2D eigenvalue weighted by molar-refractivity contribution is 5.97. The van der Waals surface area contributed by atoms with E-state index < -0.39 is 0 Å². The first-order valence-electron chi connectivity index (χ1n) is 4.75. The monoisotopic (exact) mass is 206 g/mol. The van der Waals surface area contributed by atoms with Gasteiger partial charge in [0.15, 0.2) is 0 Å². The van der Waals surface area contributed by atoms with Crippen LogP contribution < -0.4 is 10.6 Å². The van der Waals surface area contributed by atoms with Crippen LogP contribution in [0.5, 0.6) is 0 Å². The van der Waals surface area contributed by atoms with Gasteiger partial charge in [-0.05, 0) is 6.42 Å². The van der Waals surface area contributed by atoms with Gasteiger partial charge in [-0.1, -0.05) is 6.92 Å². The summed E-state index contributed by atoms with van der Waals surface area (Å²) in [4.78, 5) is 11.3. The number of nitrogens with zero attached hydrogens (tertiary/aromatic N) is 2. The van der Waals surface area contributed by atoms with Crippen molar-refractivity contribution >= 4 is 5.91 Å². The Labute approximate surface area is 89.4 Å². The fourth-order valence-corrected chi connectivity index (χ4v) is 0.785. The Morgan fingerprint density at radius 1 is 1.40 bits per heavy atom. The molecule has 5 nitrogen and oxygen atoms in total. The molecule has 0 aliphatic rings. The van der Waals surface area contributed by atoms with Crippen molar-refractivity contribution in [1.82, 2.24) is 10.6 Å². The van der Waals surface area contributed by atoms with Crippen molar-refractivity contribution in [2.45, 2.75) is 19.8 Å². The normalized spacial score (nSPS) is 9.93. The molecule has 0 radical (unpaired) electrons. The van der Waals surface area contributed by atoms with Gasteiger partial charge in [-0.15, -0.1) is 0 Å². The topological polar surface area (TPSA) is 88.7 Å². The fraction of sp³-hybridized carbons (Fsp3) is 0.500. The molecule has 0 aromatic heterocycles. The van der Waals surface area contributed by atoms with Crippen molar-refractivity contribution in [3.8, 4) is 12.1 Å². The highest BCUT2D eigenvalue weighted by Gasteiger charge is 2.06. The first-order valence-corrected chi connectivity index (χ1v) is 4.75. The van der Waals surface area contributed by atoms with Gasteiger partial charge in [-0.3, -0.25) is 4.79 Å². The van der Waals surface area contributed by atoms with E-state index in [4.69, 9.17) is 10.5 Å². The molecule has 5 heteroatoms. The first kappa shape index (κ1) is 13.0. The van der Waals surface area contributed by atoms with Crippen LogP contribution in [0.25, 0.3) is 0 Å². The SMILES string of the molecule is CCCNC(=O)/C(C#N)=C\NCCC#N. The van der Waals surface area contributed by atoms with E-state index in [0.717, 1.165) is 6.42 Å². The van der Waals surface area contributed by atoms with E-state index >= 15 is 0 Å². The van der Waals surface area contributed by atoms with Gasteiger partial charge in [0.25, 0.3) is 5.91 Å². The molecule has 0 atom stereocenters. The quantitative estimate of drug-likeness (QED) is 0.374. The number of amides is 1. The molecular weight excluding hydrogens is 192 g/mol. The van der Waals surface area contributed by atoms with Crippen molar-refractivity contribution in [2.24, 2.45) is 0 Å². The van der Waals surface area contributed by atoms with Crippen LogP contribution in [0.15, 0.2) is 11.8 Å². The van der Waals surface area contributed by atoms with E-state index in [1.54, 1.807) is 6.07 Å². The van der Waals surface area contributed by atoms with Crippen LogP contribution in [0.4, 0.5) is 0 Å². The molecule has 15 heavy (non-hydrogen) atoms. The first-order chi connectivity index (χ1) is 7.26. The van der Waals surface area contributed by atoms with Gasteiger partial charge in [0.05, 0.1) is 12.5 Å². The molecule has 0 aliphatic carbocycles. The third-order valence-electron chi connectivity index (χ3n) is 1.53. The standard InChI is InChI=1S/C10H14N4O/c1-2-5-14-10(15)9(7-12)8-13-6-3-4-11/h8,13H,2-3,5-6H2,1H3,(H,14,15)/b9-8-. The van der Waals surface area contributed by atoms with Crippen LogP contribution in [0.1, 0.15) is 19.8 Å². The zero-order valence-corrected chi connectivity index (χ0v) is 8.71. The van der Waals surface area contributed by atoms with Crippen LogP contribution in [-0.4, -0.2) is 19.0 Å². The van der Waals surface area contributed by atoms with Gasteiger partial charge in [0, 0.05) is 19.3 Å². The second kappa shape index (κ2) is 8.58. The lowest BCUT2D eigenvalue weighted by Gasteiger charge is -2.01. The molecule has 1 amide bonds. The molecule has 0 rings (SSSR count). The van der Waals surface area contributed by atoms with E-state index in [1.165, 1.54) is 6.20 Å². The molecule has 0 bridgehead atoms. The summed E-state index contributed by atoms with van der Waals surface area (Å²) in [6.45, 7) is 2.92. The number of carbonyl (C=O) groups excluding carboxylic acids is 1. The molecule has 0 saturated heterocycles. The average molecular weight is 206 g/mol. The minimum absolute atomic E-state index is 0.0291. The number of rotatable bonds is 6. The number of carbonyl (C=O) groups is 1. The maximum absolute atomic E-state index is 11.3. The Bertz CT molecular complexity index is 308. The second-order valence-electron chi connectivity index (χ2n) is 2.79. The molecule has 0 saturated carbocycles. The molecule has 0 aliphatic heterocycles. The third-order valence-corrected chi connectivity index (χ3v) is 1.53. The number of nitriles is 2. The summed E-state index contributed by atoms with van der Waals surface area (Å²) in [5.41, 5.74) is 0.0291. The van der Waals surface area contributed by atoms with Gasteiger partial charge < -0.3 is 10.6 Å². The number of hydrogen-bond donors (Lipinski definition) is 2. The van der Waals surface area contributed by atoms with Crippen LogP contribution in [0.2, 0.25) is 0 Å². The van der Waals surface area contributed by atoms with Gasteiger partial charge in [0.1, 0.15) is 11.6 Å². The fourth-order valence-electron chi connectivity index (χ4n) is 0.785. The highest BCUT2D eigenvalue weighted by atomic mass is 16.1. The van der Waals surface area contributed by atoms with Crippen LogP contribution >= 0.6 is 0 Å². The lowest BCUT2D eigenvalue weighted by atomic mass is 10.3. The largest absolute Gasteiger partial charge is 0.389 e. The third kappa shape index (κ3) is 6.11. The van der Waals surface area contributed by atoms with E-state index in [0.29, 0.717) is 19.5 Å². The van der Waals surface area contributed by atoms with Gasteiger partial charge >= 0.3 is 0 Å². The molecule has 0 aromatic rings. The molecular formula is C10H14N4O. The average Bonchev–Trinajstić information content (AvgIpc) is 2.26. The summed E-state index contributed by atoms with van der Waals surface area (Å²) in [5.74, 6) is -0.385. The van der Waals surface area contributed by atoms with Gasteiger partial charge in [-0.2, -0.15) is 10.5 Å². The van der Waals surface area contributed by atoms with Crippen molar-refractivity contribution in [1.29, 1.82) is 10.5 Å². The molecule has 2 N–H and O–H groups in total. The smallest absolute Gasteiger partial charge is 0.263 e. The van der Waals surface area contributed by atoms with Crippen molar-refractivity contribution in [3.63, 3.8) is 0 Å². The molecule has 0 fully saturated rings. The van der Waals surface area contributed by atoms with Gasteiger partial charge in [0.2, 0.25) is 0 Å². The number of nitrogens with one attached hydrogen (secondary N) is 2. The summed E-state index contributed by atoms with van der Waals surface area (Å²) in [6.07, 6.45) is 2.50. The van der Waals surface area contributed by atoms with E-state index in [2.05, 4.69) is 10.6 Å². The predicted octanol–water partition coefficient (Wildman–Crippen LogP) is 0.423. The summed E-state index contributed by atoms with van der Waals surface area (Å²) < 4.78 is 0. The summed E-state index contributed by atoms with van der Waals surface area (Å²) in [7, 11) is 0. The Kier molecular flexibility index (Phi) is 7.43. The summed E-state index contributed by atoms with van der Waals surface area (Å²) in [6, 6.07) is 3.74.